The maximum absolute atomic E-state index is 4.55. The Kier molecular flexibility index (Phi) is 5.52. The summed E-state index contributed by atoms with van der Waals surface area (Å²) in [5.74, 6) is 1.02. The van der Waals surface area contributed by atoms with E-state index in [4.69, 9.17) is 0 Å². The van der Waals surface area contributed by atoms with Crippen molar-refractivity contribution in [3.63, 3.8) is 0 Å². The Morgan fingerprint density at radius 1 is 1.29 bits per heavy atom. The zero-order valence-electron chi connectivity index (χ0n) is 12.0. The van der Waals surface area contributed by atoms with Gasteiger partial charge in [-0.2, -0.15) is 0 Å². The van der Waals surface area contributed by atoms with Crippen molar-refractivity contribution >= 4 is 5.95 Å². The third kappa shape index (κ3) is 4.41. The van der Waals surface area contributed by atoms with Crippen LogP contribution in [0.1, 0.15) is 65.1 Å². The maximum Gasteiger partial charge on any atom is 0.203 e. The summed E-state index contributed by atoms with van der Waals surface area (Å²) >= 11 is 0. The molecule has 0 saturated carbocycles. The first-order valence-corrected chi connectivity index (χ1v) is 6.86. The molecule has 98 valence electrons. The second-order valence-corrected chi connectivity index (χ2v) is 5.26. The molecular formula is C14H27N3. The van der Waals surface area contributed by atoms with Gasteiger partial charge in [-0.1, -0.05) is 26.2 Å². The average molecular weight is 237 g/mol. The van der Waals surface area contributed by atoms with Crippen molar-refractivity contribution in [3.8, 4) is 0 Å². The smallest absolute Gasteiger partial charge is 0.203 e. The van der Waals surface area contributed by atoms with E-state index >= 15 is 0 Å². The number of rotatable bonds is 7. The van der Waals surface area contributed by atoms with Crippen molar-refractivity contribution < 1.29 is 0 Å². The Labute approximate surface area is 106 Å². The summed E-state index contributed by atoms with van der Waals surface area (Å²) < 4.78 is 2.28. The molecule has 0 spiro atoms. The normalized spacial score (nSPS) is 13.1. The van der Waals surface area contributed by atoms with Crippen LogP contribution in [0.2, 0.25) is 0 Å². The number of hydrogen-bond donors (Lipinski definition) is 1. The topological polar surface area (TPSA) is 29.9 Å². The molecule has 3 heteroatoms. The van der Waals surface area contributed by atoms with E-state index in [0.29, 0.717) is 12.1 Å². The number of hydrogen-bond acceptors (Lipinski definition) is 2. The van der Waals surface area contributed by atoms with Crippen molar-refractivity contribution in [1.82, 2.24) is 9.55 Å². The zero-order chi connectivity index (χ0) is 12.8. The first kappa shape index (κ1) is 14.1. The van der Waals surface area contributed by atoms with Crippen molar-refractivity contribution in [2.45, 2.75) is 72.4 Å². The number of imidazole rings is 1. The van der Waals surface area contributed by atoms with Gasteiger partial charge in [0, 0.05) is 18.3 Å². The second kappa shape index (κ2) is 6.67. The molecular weight excluding hydrogens is 210 g/mol. The van der Waals surface area contributed by atoms with E-state index in [1.807, 2.05) is 0 Å². The minimum absolute atomic E-state index is 0.429. The van der Waals surface area contributed by atoms with E-state index in [2.05, 4.69) is 55.7 Å². The summed E-state index contributed by atoms with van der Waals surface area (Å²) in [7, 11) is 0. The third-order valence-electron chi connectivity index (χ3n) is 2.97. The fraction of sp³-hybridized carbons (Fsp3) is 0.786. The van der Waals surface area contributed by atoms with E-state index in [0.717, 1.165) is 11.6 Å². The van der Waals surface area contributed by atoms with Crippen LogP contribution in [0.3, 0.4) is 0 Å². The molecule has 0 aromatic carbocycles. The largest absolute Gasteiger partial charge is 0.353 e. The van der Waals surface area contributed by atoms with Crippen molar-refractivity contribution in [1.29, 1.82) is 0 Å². The van der Waals surface area contributed by atoms with Gasteiger partial charge in [-0.3, -0.25) is 0 Å². The summed E-state index contributed by atoms with van der Waals surface area (Å²) in [6.45, 7) is 10.9. The van der Waals surface area contributed by atoms with Gasteiger partial charge in [0.15, 0.2) is 0 Å². The van der Waals surface area contributed by atoms with Crippen LogP contribution >= 0.6 is 0 Å². The van der Waals surface area contributed by atoms with E-state index in [1.54, 1.807) is 0 Å². The summed E-state index contributed by atoms with van der Waals surface area (Å²) in [5, 5.41) is 3.42. The quantitative estimate of drug-likeness (QED) is 0.722. The summed E-state index contributed by atoms with van der Waals surface area (Å²) in [6, 6.07) is 0.961. The Morgan fingerprint density at radius 2 is 2.00 bits per heavy atom. The Hall–Kier alpha value is -0.990. The molecule has 0 aliphatic rings. The monoisotopic (exact) mass is 237 g/mol. The SMILES string of the molecule is CCCCCC(C)n1cc(C)nc1NC(C)C. The number of nitrogens with zero attached hydrogens (tertiary/aromatic N) is 2. The highest BCUT2D eigenvalue weighted by atomic mass is 15.2. The van der Waals surface area contributed by atoms with Crippen LogP contribution in [-0.2, 0) is 0 Å². The molecule has 1 unspecified atom stereocenters. The predicted octanol–water partition coefficient (Wildman–Crippen LogP) is 4.15. The van der Waals surface area contributed by atoms with Crippen LogP contribution < -0.4 is 5.32 Å². The highest BCUT2D eigenvalue weighted by Crippen LogP contribution is 2.21. The number of aromatic nitrogens is 2. The predicted molar refractivity (Wildman–Crippen MR) is 74.6 cm³/mol. The highest BCUT2D eigenvalue weighted by molar-refractivity contribution is 5.30. The summed E-state index contributed by atoms with van der Waals surface area (Å²) in [4.78, 5) is 4.55. The van der Waals surface area contributed by atoms with Crippen LogP contribution in [0.5, 0.6) is 0 Å². The molecule has 1 aromatic rings. The molecule has 0 radical (unpaired) electrons. The summed E-state index contributed by atoms with van der Waals surface area (Å²) in [6.07, 6.45) is 7.30. The van der Waals surface area contributed by atoms with E-state index < -0.39 is 0 Å². The minimum Gasteiger partial charge on any atom is -0.353 e. The Morgan fingerprint density at radius 3 is 2.59 bits per heavy atom. The third-order valence-corrected chi connectivity index (χ3v) is 2.97. The fourth-order valence-corrected chi connectivity index (χ4v) is 2.05. The lowest BCUT2D eigenvalue weighted by molar-refractivity contribution is 0.479. The maximum atomic E-state index is 4.55. The van der Waals surface area contributed by atoms with Crippen LogP contribution in [0.15, 0.2) is 6.20 Å². The molecule has 1 atom stereocenters. The molecule has 0 bridgehead atoms. The lowest BCUT2D eigenvalue weighted by Crippen LogP contribution is -2.16. The van der Waals surface area contributed by atoms with Gasteiger partial charge in [0.25, 0.3) is 0 Å². The number of anilines is 1. The molecule has 1 aromatic heterocycles. The number of unbranched alkanes of at least 4 members (excludes halogenated alkanes) is 2. The van der Waals surface area contributed by atoms with E-state index in [9.17, 15) is 0 Å². The van der Waals surface area contributed by atoms with Gasteiger partial charge in [0.1, 0.15) is 0 Å². The Balaban J connectivity index is 2.67. The molecule has 0 aliphatic carbocycles. The molecule has 1 heterocycles. The number of aryl methyl sites for hydroxylation is 1. The van der Waals surface area contributed by atoms with Crippen LogP contribution in [-0.4, -0.2) is 15.6 Å². The van der Waals surface area contributed by atoms with Gasteiger partial charge >= 0.3 is 0 Å². The molecule has 0 aliphatic heterocycles. The van der Waals surface area contributed by atoms with Gasteiger partial charge in [0.05, 0.1) is 5.69 Å². The summed E-state index contributed by atoms with van der Waals surface area (Å²) in [5.41, 5.74) is 1.09. The standard InChI is InChI=1S/C14H27N3/c1-6-7-8-9-13(5)17-10-12(4)16-14(17)15-11(2)3/h10-11,13H,6-9H2,1-5H3,(H,15,16). The highest BCUT2D eigenvalue weighted by Gasteiger charge is 2.12. The van der Waals surface area contributed by atoms with Gasteiger partial charge in [-0.05, 0) is 34.1 Å². The average Bonchev–Trinajstić information content (AvgIpc) is 2.58. The molecule has 17 heavy (non-hydrogen) atoms. The van der Waals surface area contributed by atoms with Crippen molar-refractivity contribution in [2.24, 2.45) is 0 Å². The first-order chi connectivity index (χ1) is 8.04. The first-order valence-electron chi connectivity index (χ1n) is 6.86. The van der Waals surface area contributed by atoms with E-state index in [-0.39, 0.29) is 0 Å². The molecule has 0 saturated heterocycles. The molecule has 3 nitrogen and oxygen atoms in total. The van der Waals surface area contributed by atoms with Gasteiger partial charge in [0.2, 0.25) is 5.95 Å². The molecule has 1 N–H and O–H groups in total. The van der Waals surface area contributed by atoms with Gasteiger partial charge in [-0.25, -0.2) is 4.98 Å². The zero-order valence-corrected chi connectivity index (χ0v) is 12.0. The van der Waals surface area contributed by atoms with Crippen LogP contribution in [0.4, 0.5) is 5.95 Å². The van der Waals surface area contributed by atoms with Gasteiger partial charge in [-0.15, -0.1) is 0 Å². The Bertz CT molecular complexity index is 328. The minimum atomic E-state index is 0.429. The van der Waals surface area contributed by atoms with Crippen molar-refractivity contribution in [2.75, 3.05) is 5.32 Å². The lowest BCUT2D eigenvalue weighted by atomic mass is 10.1. The molecule has 0 fully saturated rings. The lowest BCUT2D eigenvalue weighted by Gasteiger charge is -2.18. The molecule has 0 amide bonds. The number of nitrogens with one attached hydrogen (secondary N) is 1. The van der Waals surface area contributed by atoms with Gasteiger partial charge < -0.3 is 9.88 Å². The molecule has 1 rings (SSSR count). The van der Waals surface area contributed by atoms with Crippen molar-refractivity contribution in [3.05, 3.63) is 11.9 Å². The van der Waals surface area contributed by atoms with Crippen LogP contribution in [0, 0.1) is 6.92 Å². The second-order valence-electron chi connectivity index (χ2n) is 5.26. The fourth-order valence-electron chi connectivity index (χ4n) is 2.05. The van der Waals surface area contributed by atoms with E-state index in [1.165, 1.54) is 25.7 Å². The van der Waals surface area contributed by atoms with Crippen LogP contribution in [0.25, 0.3) is 0 Å².